The first-order valence-electron chi connectivity index (χ1n) is 5.99. The summed E-state index contributed by atoms with van der Waals surface area (Å²) >= 11 is 5.80. The van der Waals surface area contributed by atoms with E-state index in [1.165, 1.54) is 0 Å². The maximum Gasteiger partial charge on any atom is 0.326 e. The van der Waals surface area contributed by atoms with E-state index in [4.69, 9.17) is 16.3 Å². The molecule has 1 heterocycles. The topological polar surface area (TPSA) is 58.6 Å². The Morgan fingerprint density at radius 3 is 2.50 bits per heavy atom. The van der Waals surface area contributed by atoms with E-state index in [1.54, 1.807) is 24.3 Å². The lowest BCUT2D eigenvalue weighted by Gasteiger charge is -2.28. The molecule has 5 heteroatoms. The van der Waals surface area contributed by atoms with Gasteiger partial charge < -0.3 is 15.2 Å². The van der Waals surface area contributed by atoms with Gasteiger partial charge in [-0.05, 0) is 43.0 Å². The van der Waals surface area contributed by atoms with Crippen molar-refractivity contribution >= 4 is 23.3 Å². The second kappa shape index (κ2) is 6.07. The van der Waals surface area contributed by atoms with E-state index >= 15 is 0 Å². The van der Waals surface area contributed by atoms with Crippen LogP contribution in [0, 0.1) is 5.92 Å². The van der Waals surface area contributed by atoms with E-state index in [1.807, 2.05) is 0 Å². The van der Waals surface area contributed by atoms with Gasteiger partial charge in [0.25, 0.3) is 0 Å². The molecule has 2 rings (SSSR count). The number of carbonyl (C=O) groups is 1. The molecule has 0 aromatic heterocycles. The molecule has 2 N–H and O–H groups in total. The predicted octanol–water partition coefficient (Wildman–Crippen LogP) is 2.63. The molecule has 1 fully saturated rings. The van der Waals surface area contributed by atoms with Crippen LogP contribution < -0.4 is 5.32 Å². The highest BCUT2D eigenvalue weighted by Gasteiger charge is 2.29. The zero-order valence-corrected chi connectivity index (χ0v) is 10.7. The predicted molar refractivity (Wildman–Crippen MR) is 70.0 cm³/mol. The molecule has 4 nitrogen and oxygen atoms in total. The second-order valence-corrected chi connectivity index (χ2v) is 4.85. The Bertz CT molecular complexity index is 401. The number of aliphatic carboxylic acids is 1. The molecule has 1 aromatic rings. The molecule has 1 aromatic carbocycles. The molecule has 0 saturated carbocycles. The van der Waals surface area contributed by atoms with Gasteiger partial charge in [0.1, 0.15) is 6.04 Å². The summed E-state index contributed by atoms with van der Waals surface area (Å²) in [6, 6.07) is 6.49. The van der Waals surface area contributed by atoms with Crippen LogP contribution in [0.15, 0.2) is 24.3 Å². The van der Waals surface area contributed by atoms with E-state index in [-0.39, 0.29) is 5.92 Å². The first-order valence-corrected chi connectivity index (χ1v) is 6.37. The maximum absolute atomic E-state index is 11.3. The number of halogens is 1. The minimum Gasteiger partial charge on any atom is -0.480 e. The number of anilines is 1. The van der Waals surface area contributed by atoms with Crippen LogP contribution in [-0.2, 0) is 9.53 Å². The lowest BCUT2D eigenvalue weighted by atomic mass is 9.91. The van der Waals surface area contributed by atoms with Crippen molar-refractivity contribution < 1.29 is 14.6 Å². The van der Waals surface area contributed by atoms with Crippen molar-refractivity contribution in [2.75, 3.05) is 18.5 Å². The number of carboxylic acid groups (broad SMARTS) is 1. The third kappa shape index (κ3) is 3.37. The summed E-state index contributed by atoms with van der Waals surface area (Å²) in [5.74, 6) is -0.719. The van der Waals surface area contributed by atoms with Crippen LogP contribution in [0.4, 0.5) is 5.69 Å². The van der Waals surface area contributed by atoms with Crippen molar-refractivity contribution in [2.24, 2.45) is 5.92 Å². The molecule has 1 unspecified atom stereocenters. The van der Waals surface area contributed by atoms with Crippen LogP contribution in [0.1, 0.15) is 12.8 Å². The SMILES string of the molecule is O=C(O)C(Nc1ccc(Cl)cc1)C1CCOCC1. The largest absolute Gasteiger partial charge is 0.480 e. The minimum absolute atomic E-state index is 0.104. The zero-order chi connectivity index (χ0) is 13.0. The number of ether oxygens (including phenoxy) is 1. The smallest absolute Gasteiger partial charge is 0.326 e. The first-order chi connectivity index (χ1) is 8.66. The molecular formula is C13H16ClNO3. The van der Waals surface area contributed by atoms with E-state index in [2.05, 4.69) is 5.32 Å². The number of benzene rings is 1. The van der Waals surface area contributed by atoms with E-state index < -0.39 is 12.0 Å². The molecule has 0 spiro atoms. The number of hydrogen-bond acceptors (Lipinski definition) is 3. The quantitative estimate of drug-likeness (QED) is 0.882. The van der Waals surface area contributed by atoms with Crippen molar-refractivity contribution in [2.45, 2.75) is 18.9 Å². The normalized spacial score (nSPS) is 18.3. The number of hydrogen-bond donors (Lipinski definition) is 2. The number of carboxylic acids is 1. The summed E-state index contributed by atoms with van der Waals surface area (Å²) in [5.41, 5.74) is 0.776. The average Bonchev–Trinajstić information content (AvgIpc) is 2.38. The molecule has 1 aliphatic rings. The number of rotatable bonds is 4. The molecule has 18 heavy (non-hydrogen) atoms. The van der Waals surface area contributed by atoms with Crippen LogP contribution in [0.3, 0.4) is 0 Å². The average molecular weight is 270 g/mol. The van der Waals surface area contributed by atoms with Crippen LogP contribution >= 0.6 is 11.6 Å². The third-order valence-electron chi connectivity index (χ3n) is 3.17. The molecule has 1 atom stereocenters. The second-order valence-electron chi connectivity index (χ2n) is 4.42. The standard InChI is InChI=1S/C13H16ClNO3/c14-10-1-3-11(4-2-10)15-12(13(16)17)9-5-7-18-8-6-9/h1-4,9,12,15H,5-8H2,(H,16,17). The molecule has 0 amide bonds. The van der Waals surface area contributed by atoms with Crippen molar-refractivity contribution in [1.82, 2.24) is 0 Å². The van der Waals surface area contributed by atoms with Crippen molar-refractivity contribution in [1.29, 1.82) is 0 Å². The molecule has 0 aliphatic carbocycles. The maximum atomic E-state index is 11.3. The highest BCUT2D eigenvalue weighted by Crippen LogP contribution is 2.23. The Labute approximate surface area is 111 Å². The fraction of sp³-hybridized carbons (Fsp3) is 0.462. The van der Waals surface area contributed by atoms with Gasteiger partial charge >= 0.3 is 5.97 Å². The summed E-state index contributed by atoms with van der Waals surface area (Å²) in [6.07, 6.45) is 1.55. The van der Waals surface area contributed by atoms with E-state index in [9.17, 15) is 9.90 Å². The molecule has 0 radical (unpaired) electrons. The van der Waals surface area contributed by atoms with Crippen LogP contribution in [0.2, 0.25) is 5.02 Å². The first kappa shape index (κ1) is 13.2. The van der Waals surface area contributed by atoms with Gasteiger partial charge in [0, 0.05) is 23.9 Å². The number of nitrogens with one attached hydrogen (secondary N) is 1. The van der Waals surface area contributed by atoms with Crippen LogP contribution in [0.25, 0.3) is 0 Å². The lowest BCUT2D eigenvalue weighted by Crippen LogP contribution is -2.39. The van der Waals surface area contributed by atoms with Crippen molar-refractivity contribution in [3.63, 3.8) is 0 Å². The van der Waals surface area contributed by atoms with Gasteiger partial charge in [0.2, 0.25) is 0 Å². The summed E-state index contributed by atoms with van der Waals surface area (Å²) in [5, 5.41) is 13.0. The molecular weight excluding hydrogens is 254 g/mol. The lowest BCUT2D eigenvalue weighted by molar-refractivity contribution is -0.140. The summed E-state index contributed by atoms with van der Waals surface area (Å²) in [7, 11) is 0. The molecule has 98 valence electrons. The van der Waals surface area contributed by atoms with E-state index in [0.717, 1.165) is 18.5 Å². The van der Waals surface area contributed by atoms with Gasteiger partial charge in [0.15, 0.2) is 0 Å². The van der Waals surface area contributed by atoms with Crippen LogP contribution in [-0.4, -0.2) is 30.3 Å². The minimum atomic E-state index is -0.822. The Balaban J connectivity index is 2.05. The summed E-state index contributed by atoms with van der Waals surface area (Å²) in [4.78, 5) is 11.3. The van der Waals surface area contributed by atoms with Gasteiger partial charge in [-0.2, -0.15) is 0 Å². The molecule has 1 aliphatic heterocycles. The molecule has 0 bridgehead atoms. The summed E-state index contributed by atoms with van der Waals surface area (Å²) in [6.45, 7) is 1.27. The van der Waals surface area contributed by atoms with Crippen LogP contribution in [0.5, 0.6) is 0 Å². The zero-order valence-electron chi connectivity index (χ0n) is 9.93. The highest BCUT2D eigenvalue weighted by atomic mass is 35.5. The van der Waals surface area contributed by atoms with Crippen molar-refractivity contribution in [3.05, 3.63) is 29.3 Å². The summed E-state index contributed by atoms with van der Waals surface area (Å²) < 4.78 is 5.26. The Morgan fingerprint density at radius 1 is 1.33 bits per heavy atom. The van der Waals surface area contributed by atoms with Gasteiger partial charge in [-0.1, -0.05) is 11.6 Å². The monoisotopic (exact) mass is 269 g/mol. The fourth-order valence-corrected chi connectivity index (χ4v) is 2.28. The van der Waals surface area contributed by atoms with Gasteiger partial charge in [0.05, 0.1) is 0 Å². The van der Waals surface area contributed by atoms with Crippen molar-refractivity contribution in [3.8, 4) is 0 Å². The third-order valence-corrected chi connectivity index (χ3v) is 3.42. The highest BCUT2D eigenvalue weighted by molar-refractivity contribution is 6.30. The van der Waals surface area contributed by atoms with Gasteiger partial charge in [-0.15, -0.1) is 0 Å². The molecule has 1 saturated heterocycles. The van der Waals surface area contributed by atoms with Gasteiger partial charge in [-0.3, -0.25) is 0 Å². The van der Waals surface area contributed by atoms with E-state index in [0.29, 0.717) is 18.2 Å². The Morgan fingerprint density at radius 2 is 1.94 bits per heavy atom. The fourth-order valence-electron chi connectivity index (χ4n) is 2.16. The Kier molecular flexibility index (Phi) is 4.44. The van der Waals surface area contributed by atoms with Gasteiger partial charge in [-0.25, -0.2) is 4.79 Å². The Hall–Kier alpha value is -1.26.